The summed E-state index contributed by atoms with van der Waals surface area (Å²) in [7, 11) is 2.01. The number of carbonyl (C=O) groups is 1. The Morgan fingerprint density at radius 3 is 2.29 bits per heavy atom. The van der Waals surface area contributed by atoms with Gasteiger partial charge in [0.15, 0.2) is 0 Å². The smallest absolute Gasteiger partial charge is 0.248 e. The molecule has 0 aromatic heterocycles. The van der Waals surface area contributed by atoms with E-state index in [-0.39, 0.29) is 18.6 Å². The van der Waals surface area contributed by atoms with Crippen molar-refractivity contribution >= 4 is 5.91 Å². The maximum atomic E-state index is 11.8. The molecule has 0 atom stereocenters. The van der Waals surface area contributed by atoms with Crippen LogP contribution in [-0.4, -0.2) is 49.7 Å². The van der Waals surface area contributed by atoms with Crippen LogP contribution in [0.2, 0.25) is 0 Å². The Bertz CT molecular complexity index is 221. The van der Waals surface area contributed by atoms with Crippen LogP contribution in [-0.2, 0) is 9.53 Å². The highest BCUT2D eigenvalue weighted by molar-refractivity contribution is 5.77. The van der Waals surface area contributed by atoms with Gasteiger partial charge in [0, 0.05) is 19.1 Å². The van der Waals surface area contributed by atoms with Crippen LogP contribution in [0.5, 0.6) is 0 Å². The average molecular weight is 242 g/mol. The summed E-state index contributed by atoms with van der Waals surface area (Å²) >= 11 is 0. The molecule has 1 amide bonds. The molecule has 100 valence electrons. The van der Waals surface area contributed by atoms with Crippen LogP contribution in [0, 0.1) is 0 Å². The minimum atomic E-state index is 0.116. The molecule has 4 heteroatoms. The molecule has 1 N–H and O–H groups in total. The van der Waals surface area contributed by atoms with Gasteiger partial charge >= 0.3 is 0 Å². The van der Waals surface area contributed by atoms with E-state index in [0.717, 1.165) is 38.8 Å². The van der Waals surface area contributed by atoms with E-state index < -0.39 is 0 Å². The third kappa shape index (κ3) is 4.64. The van der Waals surface area contributed by atoms with Gasteiger partial charge in [-0.15, -0.1) is 0 Å². The Kier molecular flexibility index (Phi) is 6.52. The Morgan fingerprint density at radius 2 is 1.82 bits per heavy atom. The van der Waals surface area contributed by atoms with Gasteiger partial charge in [-0.2, -0.15) is 0 Å². The fourth-order valence-electron chi connectivity index (χ4n) is 2.37. The molecule has 17 heavy (non-hydrogen) atoms. The van der Waals surface area contributed by atoms with E-state index in [1.807, 2.05) is 25.8 Å². The van der Waals surface area contributed by atoms with E-state index in [4.69, 9.17) is 4.74 Å². The summed E-state index contributed by atoms with van der Waals surface area (Å²) < 4.78 is 5.70. The lowest BCUT2D eigenvalue weighted by molar-refractivity contribution is -0.138. The van der Waals surface area contributed by atoms with Crippen LogP contribution >= 0.6 is 0 Å². The zero-order valence-electron chi connectivity index (χ0n) is 11.4. The van der Waals surface area contributed by atoms with Crippen LogP contribution < -0.4 is 5.32 Å². The molecule has 0 aliphatic heterocycles. The zero-order chi connectivity index (χ0) is 12.7. The van der Waals surface area contributed by atoms with Gasteiger partial charge in [0.25, 0.3) is 0 Å². The van der Waals surface area contributed by atoms with E-state index in [0.29, 0.717) is 6.04 Å². The highest BCUT2D eigenvalue weighted by atomic mass is 16.5. The van der Waals surface area contributed by atoms with Gasteiger partial charge in [-0.05, 0) is 46.6 Å². The molecule has 4 nitrogen and oxygen atoms in total. The SMILES string of the molecule is CCN(CC)C(=O)COC1CCC(NC)CC1. The second kappa shape index (κ2) is 7.67. The molecule has 1 rings (SSSR count). The maximum Gasteiger partial charge on any atom is 0.248 e. The monoisotopic (exact) mass is 242 g/mol. The van der Waals surface area contributed by atoms with Crippen LogP contribution in [0.25, 0.3) is 0 Å². The topological polar surface area (TPSA) is 41.6 Å². The van der Waals surface area contributed by atoms with Crippen molar-refractivity contribution in [2.24, 2.45) is 0 Å². The molecule has 1 saturated carbocycles. The standard InChI is InChI=1S/C13H26N2O2/c1-4-15(5-2)13(16)10-17-12-8-6-11(14-3)7-9-12/h11-12,14H,4-10H2,1-3H3. The van der Waals surface area contributed by atoms with Crippen molar-refractivity contribution in [1.29, 1.82) is 0 Å². The first-order chi connectivity index (χ1) is 8.21. The van der Waals surface area contributed by atoms with Crippen molar-refractivity contribution in [3.8, 4) is 0 Å². The molecule has 0 saturated heterocycles. The van der Waals surface area contributed by atoms with E-state index in [2.05, 4.69) is 5.32 Å². The highest BCUT2D eigenvalue weighted by Gasteiger charge is 2.21. The molecule has 0 radical (unpaired) electrons. The number of ether oxygens (including phenoxy) is 1. The Morgan fingerprint density at radius 1 is 1.24 bits per heavy atom. The fraction of sp³-hybridized carbons (Fsp3) is 0.923. The predicted octanol–water partition coefficient (Wildman–Crippen LogP) is 1.40. The minimum Gasteiger partial charge on any atom is -0.368 e. The molecule has 1 fully saturated rings. The van der Waals surface area contributed by atoms with Gasteiger partial charge in [0.2, 0.25) is 5.91 Å². The van der Waals surface area contributed by atoms with Gasteiger partial charge in [0.1, 0.15) is 6.61 Å². The molecule has 1 aliphatic rings. The molecule has 1 aliphatic carbocycles. The summed E-state index contributed by atoms with van der Waals surface area (Å²) in [4.78, 5) is 13.6. The molecule has 0 heterocycles. The van der Waals surface area contributed by atoms with Gasteiger partial charge in [-0.1, -0.05) is 0 Å². The molecule has 0 unspecified atom stereocenters. The molecule has 0 aromatic rings. The van der Waals surface area contributed by atoms with Crippen LogP contribution in [0.1, 0.15) is 39.5 Å². The highest BCUT2D eigenvalue weighted by Crippen LogP contribution is 2.20. The van der Waals surface area contributed by atoms with E-state index >= 15 is 0 Å². The minimum absolute atomic E-state index is 0.116. The normalized spacial score (nSPS) is 24.6. The number of likely N-dealkylation sites (N-methyl/N-ethyl adjacent to an activating group) is 1. The summed E-state index contributed by atoms with van der Waals surface area (Å²) in [6.45, 7) is 5.78. The summed E-state index contributed by atoms with van der Waals surface area (Å²) in [5.74, 6) is 0.116. The predicted molar refractivity (Wildman–Crippen MR) is 69.0 cm³/mol. The first-order valence-electron chi connectivity index (χ1n) is 6.77. The lowest BCUT2D eigenvalue weighted by Gasteiger charge is -2.28. The fourth-order valence-corrected chi connectivity index (χ4v) is 2.37. The number of amides is 1. The van der Waals surface area contributed by atoms with Crippen molar-refractivity contribution in [2.45, 2.75) is 51.7 Å². The molecular formula is C13H26N2O2. The van der Waals surface area contributed by atoms with E-state index in [9.17, 15) is 4.79 Å². The average Bonchev–Trinajstić information content (AvgIpc) is 2.38. The lowest BCUT2D eigenvalue weighted by atomic mass is 9.93. The van der Waals surface area contributed by atoms with Crippen molar-refractivity contribution in [3.63, 3.8) is 0 Å². The van der Waals surface area contributed by atoms with Gasteiger partial charge in [-0.3, -0.25) is 4.79 Å². The summed E-state index contributed by atoms with van der Waals surface area (Å²) in [5.41, 5.74) is 0. The first-order valence-corrected chi connectivity index (χ1v) is 6.77. The van der Waals surface area contributed by atoms with Crippen molar-refractivity contribution in [1.82, 2.24) is 10.2 Å². The van der Waals surface area contributed by atoms with Gasteiger partial charge in [0.05, 0.1) is 6.10 Å². The number of rotatable bonds is 6. The number of nitrogens with zero attached hydrogens (tertiary/aromatic N) is 1. The third-order valence-electron chi connectivity index (χ3n) is 3.64. The van der Waals surface area contributed by atoms with Crippen LogP contribution in [0.3, 0.4) is 0 Å². The molecule has 0 aromatic carbocycles. The second-order valence-corrected chi connectivity index (χ2v) is 4.64. The summed E-state index contributed by atoms with van der Waals surface area (Å²) in [6, 6.07) is 0.633. The molecule has 0 spiro atoms. The second-order valence-electron chi connectivity index (χ2n) is 4.64. The largest absolute Gasteiger partial charge is 0.368 e. The van der Waals surface area contributed by atoms with Crippen molar-refractivity contribution < 1.29 is 9.53 Å². The molecular weight excluding hydrogens is 216 g/mol. The Balaban J connectivity index is 2.21. The van der Waals surface area contributed by atoms with E-state index in [1.54, 1.807) is 0 Å². The Hall–Kier alpha value is -0.610. The number of carbonyl (C=O) groups excluding carboxylic acids is 1. The third-order valence-corrected chi connectivity index (χ3v) is 3.64. The van der Waals surface area contributed by atoms with E-state index in [1.165, 1.54) is 0 Å². The Labute approximate surface area is 105 Å². The van der Waals surface area contributed by atoms with Crippen molar-refractivity contribution in [2.75, 3.05) is 26.7 Å². The van der Waals surface area contributed by atoms with Gasteiger partial charge < -0.3 is 15.0 Å². The zero-order valence-corrected chi connectivity index (χ0v) is 11.4. The number of hydrogen-bond acceptors (Lipinski definition) is 3. The summed E-state index contributed by atoms with van der Waals surface area (Å²) in [6.07, 6.45) is 4.72. The lowest BCUT2D eigenvalue weighted by Crippen LogP contribution is -2.37. The number of nitrogens with one attached hydrogen (secondary N) is 1. The van der Waals surface area contributed by atoms with Gasteiger partial charge in [-0.25, -0.2) is 0 Å². The first kappa shape index (κ1) is 14.5. The summed E-state index contributed by atoms with van der Waals surface area (Å²) in [5, 5.41) is 3.30. The number of hydrogen-bond donors (Lipinski definition) is 1. The quantitative estimate of drug-likeness (QED) is 0.765. The van der Waals surface area contributed by atoms with Crippen molar-refractivity contribution in [3.05, 3.63) is 0 Å². The molecule has 0 bridgehead atoms. The van der Waals surface area contributed by atoms with Crippen LogP contribution in [0.4, 0.5) is 0 Å². The van der Waals surface area contributed by atoms with Crippen LogP contribution in [0.15, 0.2) is 0 Å². The maximum absolute atomic E-state index is 11.8.